The molecule has 0 aliphatic carbocycles. The van der Waals surface area contributed by atoms with Crippen molar-refractivity contribution >= 4 is 11.6 Å². The Balaban J connectivity index is 1.85. The van der Waals surface area contributed by atoms with E-state index in [0.29, 0.717) is 30.6 Å². The van der Waals surface area contributed by atoms with Crippen molar-refractivity contribution in [1.29, 1.82) is 0 Å². The molecule has 0 bridgehead atoms. The Morgan fingerprint density at radius 2 is 2.17 bits per heavy atom. The number of aryl methyl sites for hydroxylation is 1. The fourth-order valence-electron chi connectivity index (χ4n) is 1.24. The third kappa shape index (κ3) is 2.97. The van der Waals surface area contributed by atoms with Gasteiger partial charge in [0.1, 0.15) is 12.4 Å². The van der Waals surface area contributed by atoms with Gasteiger partial charge in [-0.25, -0.2) is 9.97 Å². The Morgan fingerprint density at radius 3 is 2.72 bits per heavy atom. The molecular weight excluding hydrogens is 240 g/mol. The fraction of sp³-hybridized carbons (Fsp3) is 0.333. The van der Waals surface area contributed by atoms with Gasteiger partial charge in [-0.2, -0.15) is 4.98 Å². The van der Waals surface area contributed by atoms with Gasteiger partial charge in [-0.1, -0.05) is 5.16 Å². The molecule has 9 heteroatoms. The molecule has 2 rings (SSSR count). The van der Waals surface area contributed by atoms with Crippen LogP contribution in [0.25, 0.3) is 0 Å². The van der Waals surface area contributed by atoms with E-state index in [1.54, 1.807) is 6.92 Å². The van der Waals surface area contributed by atoms with Crippen molar-refractivity contribution in [3.63, 3.8) is 0 Å². The van der Waals surface area contributed by atoms with Gasteiger partial charge in [-0.3, -0.25) is 10.1 Å². The Hall–Kier alpha value is -2.58. The highest BCUT2D eigenvalue weighted by Gasteiger charge is 2.06. The zero-order chi connectivity index (χ0) is 13.0. The van der Waals surface area contributed by atoms with Crippen LogP contribution in [0.15, 0.2) is 16.9 Å². The molecule has 0 aromatic carbocycles. The van der Waals surface area contributed by atoms with Crippen LogP contribution >= 0.6 is 0 Å². The van der Waals surface area contributed by atoms with E-state index in [1.165, 1.54) is 0 Å². The predicted octanol–water partition coefficient (Wildman–Crippen LogP) is 0.731. The summed E-state index contributed by atoms with van der Waals surface area (Å²) < 4.78 is 4.81. The van der Waals surface area contributed by atoms with Crippen LogP contribution in [0, 0.1) is 17.0 Å². The van der Waals surface area contributed by atoms with Gasteiger partial charge >= 0.3 is 5.69 Å². The van der Waals surface area contributed by atoms with E-state index in [4.69, 9.17) is 4.52 Å². The first-order valence-electron chi connectivity index (χ1n) is 5.14. The van der Waals surface area contributed by atoms with E-state index in [-0.39, 0.29) is 5.69 Å². The van der Waals surface area contributed by atoms with Crippen molar-refractivity contribution in [3.05, 3.63) is 34.2 Å². The van der Waals surface area contributed by atoms with Gasteiger partial charge in [0.2, 0.25) is 11.8 Å². The predicted molar refractivity (Wildman–Crippen MR) is 59.9 cm³/mol. The van der Waals surface area contributed by atoms with Gasteiger partial charge < -0.3 is 9.84 Å². The summed E-state index contributed by atoms with van der Waals surface area (Å²) in [5.74, 6) is 1.42. The third-order valence-corrected chi connectivity index (χ3v) is 2.05. The second-order valence-electron chi connectivity index (χ2n) is 3.43. The summed E-state index contributed by atoms with van der Waals surface area (Å²) in [7, 11) is 0. The maximum absolute atomic E-state index is 10.4. The number of hydrogen-bond donors (Lipinski definition) is 1. The number of rotatable bonds is 5. The van der Waals surface area contributed by atoms with Crippen LogP contribution in [0.2, 0.25) is 0 Å². The van der Waals surface area contributed by atoms with Gasteiger partial charge in [-0.15, -0.1) is 0 Å². The minimum absolute atomic E-state index is 0.144. The van der Waals surface area contributed by atoms with Gasteiger partial charge in [0, 0.05) is 19.9 Å². The summed E-state index contributed by atoms with van der Waals surface area (Å²) in [6.45, 7) is 2.22. The highest BCUT2D eigenvalue weighted by molar-refractivity contribution is 5.30. The maximum atomic E-state index is 10.4. The average Bonchev–Trinajstić information content (AvgIpc) is 2.76. The fourth-order valence-corrected chi connectivity index (χ4v) is 1.24. The smallest absolute Gasteiger partial charge is 0.305 e. The third-order valence-electron chi connectivity index (χ3n) is 2.05. The quantitative estimate of drug-likeness (QED) is 0.609. The molecule has 0 saturated heterocycles. The van der Waals surface area contributed by atoms with Crippen LogP contribution in [0.3, 0.4) is 0 Å². The van der Waals surface area contributed by atoms with Gasteiger partial charge in [0.15, 0.2) is 5.82 Å². The lowest BCUT2D eigenvalue weighted by molar-refractivity contribution is -0.385. The van der Waals surface area contributed by atoms with Crippen molar-refractivity contribution < 1.29 is 9.45 Å². The SMILES string of the molecule is Cc1nc(CCNc2ncc([N+](=O)[O-])cn2)no1. The molecular formula is C9H10N6O3. The van der Waals surface area contributed by atoms with Crippen LogP contribution in [0.4, 0.5) is 11.6 Å². The molecule has 1 N–H and O–H groups in total. The molecule has 2 aromatic heterocycles. The van der Waals surface area contributed by atoms with Crippen LogP contribution < -0.4 is 5.32 Å². The van der Waals surface area contributed by atoms with Gasteiger partial charge in [0.05, 0.1) is 4.92 Å². The summed E-state index contributed by atoms with van der Waals surface area (Å²) in [6.07, 6.45) is 2.85. The Kier molecular flexibility index (Phi) is 3.41. The number of hydrogen-bond acceptors (Lipinski definition) is 8. The minimum Gasteiger partial charge on any atom is -0.354 e. The minimum atomic E-state index is -0.550. The maximum Gasteiger partial charge on any atom is 0.305 e. The molecule has 94 valence electrons. The highest BCUT2D eigenvalue weighted by atomic mass is 16.6. The topological polar surface area (TPSA) is 120 Å². The summed E-state index contributed by atoms with van der Waals surface area (Å²) in [5.41, 5.74) is -0.144. The Morgan fingerprint density at radius 1 is 1.44 bits per heavy atom. The Bertz CT molecular complexity index is 537. The normalized spacial score (nSPS) is 10.3. The van der Waals surface area contributed by atoms with Crippen molar-refractivity contribution in [2.24, 2.45) is 0 Å². The molecule has 0 aliphatic rings. The monoisotopic (exact) mass is 250 g/mol. The number of nitrogens with zero attached hydrogens (tertiary/aromatic N) is 5. The molecule has 0 fully saturated rings. The first kappa shape index (κ1) is 11.9. The molecule has 0 radical (unpaired) electrons. The molecule has 0 atom stereocenters. The van der Waals surface area contributed by atoms with E-state index >= 15 is 0 Å². The van der Waals surface area contributed by atoms with Crippen LogP contribution in [0.1, 0.15) is 11.7 Å². The van der Waals surface area contributed by atoms with Crippen LogP contribution in [-0.2, 0) is 6.42 Å². The Labute approximate surface area is 101 Å². The van der Waals surface area contributed by atoms with E-state index in [2.05, 4.69) is 25.4 Å². The number of aromatic nitrogens is 4. The molecule has 9 nitrogen and oxygen atoms in total. The van der Waals surface area contributed by atoms with E-state index < -0.39 is 4.92 Å². The molecule has 2 aromatic rings. The van der Waals surface area contributed by atoms with E-state index in [0.717, 1.165) is 12.4 Å². The van der Waals surface area contributed by atoms with Crippen molar-refractivity contribution in [2.75, 3.05) is 11.9 Å². The van der Waals surface area contributed by atoms with Crippen molar-refractivity contribution in [1.82, 2.24) is 20.1 Å². The number of nitrogens with one attached hydrogen (secondary N) is 1. The number of nitro groups is 1. The largest absolute Gasteiger partial charge is 0.354 e. The second-order valence-corrected chi connectivity index (χ2v) is 3.43. The standard InChI is InChI=1S/C9H10N6O3/c1-6-13-8(14-18-6)2-3-10-9-11-4-7(5-12-9)15(16)17/h4-5H,2-3H2,1H3,(H,10,11,12). The average molecular weight is 250 g/mol. The molecule has 2 heterocycles. The number of anilines is 1. The lowest BCUT2D eigenvalue weighted by atomic mass is 10.4. The van der Waals surface area contributed by atoms with Gasteiger partial charge in [-0.05, 0) is 0 Å². The molecule has 18 heavy (non-hydrogen) atoms. The molecule has 0 spiro atoms. The summed E-state index contributed by atoms with van der Waals surface area (Å²) >= 11 is 0. The highest BCUT2D eigenvalue weighted by Crippen LogP contribution is 2.07. The first-order valence-corrected chi connectivity index (χ1v) is 5.14. The van der Waals surface area contributed by atoms with Gasteiger partial charge in [0.25, 0.3) is 0 Å². The lowest BCUT2D eigenvalue weighted by Gasteiger charge is -2.01. The van der Waals surface area contributed by atoms with Crippen LogP contribution in [0.5, 0.6) is 0 Å². The molecule has 0 amide bonds. The zero-order valence-corrected chi connectivity index (χ0v) is 9.53. The molecule has 0 unspecified atom stereocenters. The molecule has 0 saturated carbocycles. The molecule has 0 aliphatic heterocycles. The summed E-state index contributed by atoms with van der Waals surface area (Å²) in [4.78, 5) is 21.5. The zero-order valence-electron chi connectivity index (χ0n) is 9.53. The first-order chi connectivity index (χ1) is 8.65. The van der Waals surface area contributed by atoms with Crippen LogP contribution in [-0.4, -0.2) is 31.6 Å². The van der Waals surface area contributed by atoms with E-state index in [1.807, 2.05) is 0 Å². The van der Waals surface area contributed by atoms with Crippen molar-refractivity contribution in [2.45, 2.75) is 13.3 Å². The summed E-state index contributed by atoms with van der Waals surface area (Å²) in [6, 6.07) is 0. The second kappa shape index (κ2) is 5.17. The lowest BCUT2D eigenvalue weighted by Crippen LogP contribution is -2.08. The van der Waals surface area contributed by atoms with E-state index in [9.17, 15) is 10.1 Å². The van der Waals surface area contributed by atoms with Crippen molar-refractivity contribution in [3.8, 4) is 0 Å². The summed E-state index contributed by atoms with van der Waals surface area (Å²) in [5, 5.41) is 17.0.